The highest BCUT2D eigenvalue weighted by Crippen LogP contribution is 2.46. The first-order chi connectivity index (χ1) is 19.8. The van der Waals surface area contributed by atoms with E-state index in [0.29, 0.717) is 0 Å². The number of rotatable bonds is 4. The van der Waals surface area contributed by atoms with Crippen molar-refractivity contribution in [3.63, 3.8) is 0 Å². The molecule has 1 fully saturated rings. The SMILES string of the molecule is CC1(C)OC(c2cccc(-c3cccc(-c4c5ccccc5c(-c5ccccc5)c5ccccc45)c3)c2)OC1(C)C. The molecule has 1 aliphatic heterocycles. The van der Waals surface area contributed by atoms with Crippen molar-refractivity contribution in [2.45, 2.75) is 45.2 Å². The molecule has 41 heavy (non-hydrogen) atoms. The van der Waals surface area contributed by atoms with E-state index in [0.717, 1.165) is 11.1 Å². The first kappa shape index (κ1) is 25.7. The third kappa shape index (κ3) is 4.35. The van der Waals surface area contributed by atoms with Gasteiger partial charge >= 0.3 is 0 Å². The summed E-state index contributed by atoms with van der Waals surface area (Å²) in [5.74, 6) is 0. The molecule has 2 nitrogen and oxygen atoms in total. The van der Waals surface area contributed by atoms with Gasteiger partial charge in [-0.15, -0.1) is 0 Å². The highest BCUT2D eigenvalue weighted by molar-refractivity contribution is 6.21. The average Bonchev–Trinajstić information content (AvgIpc) is 3.22. The Hall–Kier alpha value is -4.24. The lowest BCUT2D eigenvalue weighted by molar-refractivity contribution is -0.0895. The zero-order valence-electron chi connectivity index (χ0n) is 24.0. The third-order valence-corrected chi connectivity index (χ3v) is 8.89. The van der Waals surface area contributed by atoms with Crippen molar-refractivity contribution in [3.05, 3.63) is 133 Å². The molecule has 0 bridgehead atoms. The quantitative estimate of drug-likeness (QED) is 0.209. The smallest absolute Gasteiger partial charge is 0.185 e. The number of hydrogen-bond acceptors (Lipinski definition) is 2. The second kappa shape index (κ2) is 9.69. The van der Waals surface area contributed by atoms with Crippen molar-refractivity contribution in [3.8, 4) is 33.4 Å². The lowest BCUT2D eigenvalue weighted by atomic mass is 9.85. The largest absolute Gasteiger partial charge is 0.339 e. The molecule has 0 amide bonds. The summed E-state index contributed by atoms with van der Waals surface area (Å²) in [6.45, 7) is 8.38. The van der Waals surface area contributed by atoms with Gasteiger partial charge in [-0.2, -0.15) is 0 Å². The Labute approximate surface area is 242 Å². The van der Waals surface area contributed by atoms with Gasteiger partial charge in [-0.3, -0.25) is 0 Å². The molecule has 0 saturated carbocycles. The summed E-state index contributed by atoms with van der Waals surface area (Å²) in [5.41, 5.74) is 7.59. The van der Waals surface area contributed by atoms with E-state index in [1.54, 1.807) is 0 Å². The molecule has 6 aromatic carbocycles. The zero-order valence-corrected chi connectivity index (χ0v) is 24.0. The van der Waals surface area contributed by atoms with Crippen LogP contribution in [-0.4, -0.2) is 11.2 Å². The maximum Gasteiger partial charge on any atom is 0.185 e. The standard InChI is InChI=1S/C39H34O2/c1-38(2)39(3,4)41-37(40-38)30-19-13-17-28(25-30)27-16-12-18-29(24-27)36-33-22-10-8-20-31(33)35(26-14-6-5-7-15-26)32-21-9-11-23-34(32)36/h5-25,37H,1-4H3. The Morgan fingerprint density at radius 3 is 1.39 bits per heavy atom. The van der Waals surface area contributed by atoms with Crippen LogP contribution in [0.15, 0.2) is 127 Å². The topological polar surface area (TPSA) is 18.5 Å². The molecule has 0 spiro atoms. The van der Waals surface area contributed by atoms with E-state index < -0.39 is 0 Å². The summed E-state index contributed by atoms with van der Waals surface area (Å²) in [6, 6.07) is 45.8. The van der Waals surface area contributed by atoms with Crippen molar-refractivity contribution in [2.24, 2.45) is 0 Å². The van der Waals surface area contributed by atoms with E-state index in [9.17, 15) is 0 Å². The number of fused-ring (bicyclic) bond motifs is 2. The van der Waals surface area contributed by atoms with Gasteiger partial charge in [0.15, 0.2) is 6.29 Å². The molecule has 0 radical (unpaired) electrons. The van der Waals surface area contributed by atoms with Crippen LogP contribution in [0.3, 0.4) is 0 Å². The monoisotopic (exact) mass is 534 g/mol. The minimum absolute atomic E-state index is 0.373. The molecular weight excluding hydrogens is 500 g/mol. The Morgan fingerprint density at radius 2 is 0.829 bits per heavy atom. The molecule has 202 valence electrons. The summed E-state index contributed by atoms with van der Waals surface area (Å²) in [5, 5.41) is 5.04. The minimum Gasteiger partial charge on any atom is -0.339 e. The summed E-state index contributed by atoms with van der Waals surface area (Å²) in [7, 11) is 0. The number of hydrogen-bond donors (Lipinski definition) is 0. The summed E-state index contributed by atoms with van der Waals surface area (Å²) >= 11 is 0. The van der Waals surface area contributed by atoms with Gasteiger partial charge in [0.05, 0.1) is 11.2 Å². The van der Waals surface area contributed by atoms with Gasteiger partial charge in [-0.05, 0) is 94.8 Å². The first-order valence-corrected chi connectivity index (χ1v) is 14.4. The minimum atomic E-state index is -0.387. The molecule has 6 aromatic rings. The highest BCUT2D eigenvalue weighted by atomic mass is 16.7. The zero-order chi connectivity index (χ0) is 28.2. The lowest BCUT2D eigenvalue weighted by Crippen LogP contribution is -2.41. The van der Waals surface area contributed by atoms with Crippen LogP contribution >= 0.6 is 0 Å². The molecule has 0 aromatic heterocycles. The van der Waals surface area contributed by atoms with Gasteiger partial charge in [-0.25, -0.2) is 0 Å². The molecule has 0 atom stereocenters. The fraction of sp³-hybridized carbons (Fsp3) is 0.179. The first-order valence-electron chi connectivity index (χ1n) is 14.4. The molecule has 1 saturated heterocycles. The Kier molecular flexibility index (Phi) is 6.08. The molecule has 1 aliphatic rings. The molecule has 0 aliphatic carbocycles. The Balaban J connectivity index is 1.38. The normalized spacial score (nSPS) is 16.4. The lowest BCUT2D eigenvalue weighted by Gasteiger charge is -2.30. The predicted molar refractivity (Wildman–Crippen MR) is 171 cm³/mol. The van der Waals surface area contributed by atoms with E-state index in [1.807, 2.05) is 0 Å². The number of benzene rings is 6. The van der Waals surface area contributed by atoms with Crippen molar-refractivity contribution in [2.75, 3.05) is 0 Å². The van der Waals surface area contributed by atoms with E-state index in [2.05, 4.69) is 155 Å². The second-order valence-electron chi connectivity index (χ2n) is 12.0. The summed E-state index contributed by atoms with van der Waals surface area (Å²) in [6.07, 6.45) is -0.387. The predicted octanol–water partition coefficient (Wildman–Crippen LogP) is 10.6. The Morgan fingerprint density at radius 1 is 0.415 bits per heavy atom. The van der Waals surface area contributed by atoms with Crippen molar-refractivity contribution in [1.29, 1.82) is 0 Å². The van der Waals surface area contributed by atoms with Gasteiger partial charge in [0.1, 0.15) is 0 Å². The van der Waals surface area contributed by atoms with E-state index in [-0.39, 0.29) is 17.5 Å². The van der Waals surface area contributed by atoms with Crippen LogP contribution in [0.2, 0.25) is 0 Å². The third-order valence-electron chi connectivity index (χ3n) is 8.89. The number of ether oxygens (including phenoxy) is 2. The van der Waals surface area contributed by atoms with Gasteiger partial charge < -0.3 is 9.47 Å². The average molecular weight is 535 g/mol. The van der Waals surface area contributed by atoms with Gasteiger partial charge in [0, 0.05) is 5.56 Å². The van der Waals surface area contributed by atoms with Crippen LogP contribution in [0.5, 0.6) is 0 Å². The summed E-state index contributed by atoms with van der Waals surface area (Å²) in [4.78, 5) is 0. The van der Waals surface area contributed by atoms with Gasteiger partial charge in [0.25, 0.3) is 0 Å². The molecule has 0 unspecified atom stereocenters. The second-order valence-corrected chi connectivity index (χ2v) is 12.0. The fourth-order valence-corrected chi connectivity index (χ4v) is 6.05. The van der Waals surface area contributed by atoms with Crippen molar-refractivity contribution < 1.29 is 9.47 Å². The van der Waals surface area contributed by atoms with E-state index in [4.69, 9.17) is 9.47 Å². The van der Waals surface area contributed by atoms with Crippen LogP contribution in [0.4, 0.5) is 0 Å². The molecule has 2 heteroatoms. The van der Waals surface area contributed by atoms with Crippen molar-refractivity contribution >= 4 is 21.5 Å². The van der Waals surface area contributed by atoms with E-state index >= 15 is 0 Å². The molecular formula is C39H34O2. The molecule has 7 rings (SSSR count). The molecule has 1 heterocycles. The highest BCUT2D eigenvalue weighted by Gasteiger charge is 2.49. The van der Waals surface area contributed by atoms with Crippen LogP contribution in [-0.2, 0) is 9.47 Å². The van der Waals surface area contributed by atoms with Crippen LogP contribution < -0.4 is 0 Å². The maximum atomic E-state index is 6.36. The van der Waals surface area contributed by atoms with Crippen LogP contribution in [0.1, 0.15) is 39.5 Å². The van der Waals surface area contributed by atoms with E-state index in [1.165, 1.54) is 49.4 Å². The van der Waals surface area contributed by atoms with Crippen molar-refractivity contribution in [1.82, 2.24) is 0 Å². The fourth-order valence-electron chi connectivity index (χ4n) is 6.05. The van der Waals surface area contributed by atoms with Gasteiger partial charge in [0.2, 0.25) is 0 Å². The Bertz CT molecular complexity index is 1830. The van der Waals surface area contributed by atoms with Gasteiger partial charge in [-0.1, -0.05) is 115 Å². The maximum absolute atomic E-state index is 6.36. The molecule has 0 N–H and O–H groups in total. The summed E-state index contributed by atoms with van der Waals surface area (Å²) < 4.78 is 12.7. The van der Waals surface area contributed by atoms with Crippen LogP contribution in [0.25, 0.3) is 54.9 Å². The van der Waals surface area contributed by atoms with Crippen LogP contribution in [0, 0.1) is 0 Å².